The van der Waals surface area contributed by atoms with Gasteiger partial charge < -0.3 is 5.11 Å². The summed E-state index contributed by atoms with van der Waals surface area (Å²) in [5, 5.41) is 11.7. The summed E-state index contributed by atoms with van der Waals surface area (Å²) in [6, 6.07) is 0. The van der Waals surface area contributed by atoms with Gasteiger partial charge in [-0.1, -0.05) is 52.4 Å². The molecule has 0 bridgehead atoms. The second-order valence-electron chi connectivity index (χ2n) is 8.59. The molecule has 2 fully saturated rings. The Hall–Kier alpha value is 0.580. The summed E-state index contributed by atoms with van der Waals surface area (Å²) in [6.45, 7) is 4.44. The van der Waals surface area contributed by atoms with Gasteiger partial charge in [-0.2, -0.15) is 23.5 Å². The van der Waals surface area contributed by atoms with Gasteiger partial charge in [0.1, 0.15) is 0 Å². The van der Waals surface area contributed by atoms with Crippen LogP contribution in [0.4, 0.5) is 0 Å². The molecule has 0 N–H and O–H groups in total. The SMILES string of the molecule is CCCCCCSCCCC1C(=O)/C(=C\[O-])C(=O)C12CCC2SCCCCCC.[Na+]. The summed E-state index contributed by atoms with van der Waals surface area (Å²) in [6.07, 6.45) is 14.1. The predicted molar refractivity (Wildman–Crippen MR) is 124 cm³/mol. The third-order valence-electron chi connectivity index (χ3n) is 6.62. The van der Waals surface area contributed by atoms with Crippen molar-refractivity contribution in [3.8, 4) is 0 Å². The Kier molecular flexibility index (Phi) is 14.7. The Morgan fingerprint density at radius 2 is 1.60 bits per heavy atom. The molecule has 166 valence electrons. The van der Waals surface area contributed by atoms with Gasteiger partial charge in [0.2, 0.25) is 0 Å². The van der Waals surface area contributed by atoms with Crippen molar-refractivity contribution in [2.45, 2.75) is 96.1 Å². The summed E-state index contributed by atoms with van der Waals surface area (Å²) in [7, 11) is 0. The van der Waals surface area contributed by atoms with Crippen LogP contribution < -0.4 is 34.7 Å². The average Bonchev–Trinajstić information content (AvgIpc) is 2.93. The van der Waals surface area contributed by atoms with Crippen LogP contribution in [0, 0.1) is 11.3 Å². The summed E-state index contributed by atoms with van der Waals surface area (Å²) >= 11 is 3.85. The van der Waals surface area contributed by atoms with Crippen LogP contribution in [0.1, 0.15) is 90.9 Å². The Bertz CT molecular complexity index is 567. The molecule has 3 unspecified atom stereocenters. The van der Waals surface area contributed by atoms with E-state index in [1.807, 2.05) is 23.5 Å². The van der Waals surface area contributed by atoms with Crippen LogP contribution in [0.25, 0.3) is 0 Å². The zero-order valence-corrected chi connectivity index (χ0v) is 23.0. The summed E-state index contributed by atoms with van der Waals surface area (Å²) in [5.74, 6) is 2.75. The fourth-order valence-electron chi connectivity index (χ4n) is 4.78. The summed E-state index contributed by atoms with van der Waals surface area (Å²) in [5.41, 5.74) is -0.604. The fourth-order valence-corrected chi connectivity index (χ4v) is 7.39. The van der Waals surface area contributed by atoms with E-state index in [0.29, 0.717) is 6.26 Å². The molecule has 0 saturated heterocycles. The maximum atomic E-state index is 13.0. The normalized spacial score (nSPS) is 26.9. The van der Waals surface area contributed by atoms with Crippen LogP contribution in [0.15, 0.2) is 11.8 Å². The Morgan fingerprint density at radius 3 is 2.17 bits per heavy atom. The number of carbonyl (C=O) groups is 2. The zero-order chi connectivity index (χ0) is 21.1. The second-order valence-corrected chi connectivity index (χ2v) is 11.1. The number of ketones is 2. The molecule has 30 heavy (non-hydrogen) atoms. The maximum absolute atomic E-state index is 13.0. The number of rotatable bonds is 15. The van der Waals surface area contributed by atoms with Gasteiger partial charge in [0.25, 0.3) is 0 Å². The first-order valence-corrected chi connectivity index (χ1v) is 13.9. The number of Topliss-reactive ketones (excluding diaryl/α,β-unsaturated/α-hetero) is 2. The van der Waals surface area contributed by atoms with Crippen molar-refractivity contribution in [3.05, 3.63) is 11.8 Å². The van der Waals surface area contributed by atoms with Gasteiger partial charge >= 0.3 is 29.6 Å². The first-order valence-electron chi connectivity index (χ1n) is 11.7. The van der Waals surface area contributed by atoms with E-state index >= 15 is 0 Å². The van der Waals surface area contributed by atoms with E-state index in [0.717, 1.165) is 37.2 Å². The molecule has 3 atom stereocenters. The molecule has 0 radical (unpaired) electrons. The topological polar surface area (TPSA) is 57.2 Å². The van der Waals surface area contributed by atoms with E-state index in [1.165, 1.54) is 57.1 Å². The van der Waals surface area contributed by atoms with Crippen molar-refractivity contribution in [2.24, 2.45) is 11.3 Å². The quantitative estimate of drug-likeness (QED) is 0.123. The molecule has 0 aromatic heterocycles. The number of hydrogen-bond donors (Lipinski definition) is 0. The minimum absolute atomic E-state index is 0. The molecule has 6 heteroatoms. The number of carbonyl (C=O) groups excluding carboxylic acids is 2. The van der Waals surface area contributed by atoms with Crippen LogP contribution >= 0.6 is 23.5 Å². The fraction of sp³-hybridized carbons (Fsp3) is 0.833. The van der Waals surface area contributed by atoms with Gasteiger partial charge in [-0.05, 0) is 55.8 Å². The van der Waals surface area contributed by atoms with Gasteiger partial charge in [0.05, 0.1) is 5.41 Å². The first kappa shape index (κ1) is 28.6. The standard InChI is InChI=1S/C24H40O3S2.Na/c1-3-5-7-9-15-28-16-11-12-20-22(26)19(18-25)23(27)24(20)14-13-21(24)29-17-10-8-6-4-2;/h18,20-21,25H,3-17H2,1-2H3;/q;+1/p-1/b19-18+;. The van der Waals surface area contributed by atoms with Crippen LogP contribution in [0.3, 0.4) is 0 Å². The number of unbranched alkanes of at least 4 members (excludes halogenated alkanes) is 6. The third kappa shape index (κ3) is 7.04. The minimum Gasteiger partial charge on any atom is -0.877 e. The molecule has 1 spiro atoms. The number of thioether (sulfide) groups is 2. The Balaban J connectivity index is 0.00000450. The predicted octanol–water partition coefficient (Wildman–Crippen LogP) is 2.56. The van der Waals surface area contributed by atoms with E-state index in [-0.39, 0.29) is 57.9 Å². The summed E-state index contributed by atoms with van der Waals surface area (Å²) in [4.78, 5) is 25.9. The van der Waals surface area contributed by atoms with E-state index in [1.54, 1.807) is 0 Å². The van der Waals surface area contributed by atoms with Crippen molar-refractivity contribution in [1.82, 2.24) is 0 Å². The van der Waals surface area contributed by atoms with Crippen molar-refractivity contribution < 1.29 is 44.3 Å². The van der Waals surface area contributed by atoms with E-state index in [4.69, 9.17) is 0 Å². The number of allylic oxidation sites excluding steroid dienone is 1. The smallest absolute Gasteiger partial charge is 0.877 e. The van der Waals surface area contributed by atoms with Crippen LogP contribution in [-0.4, -0.2) is 34.1 Å². The van der Waals surface area contributed by atoms with E-state index < -0.39 is 5.41 Å². The van der Waals surface area contributed by atoms with Crippen molar-refractivity contribution in [3.63, 3.8) is 0 Å². The molecule has 0 amide bonds. The summed E-state index contributed by atoms with van der Waals surface area (Å²) < 4.78 is 0. The van der Waals surface area contributed by atoms with Crippen LogP contribution in [-0.2, 0) is 9.59 Å². The molecular formula is C24H39NaO3S2. The van der Waals surface area contributed by atoms with Gasteiger partial charge in [0, 0.05) is 16.7 Å². The third-order valence-corrected chi connectivity index (χ3v) is 9.36. The molecular weight excluding hydrogens is 423 g/mol. The monoisotopic (exact) mass is 462 g/mol. The van der Waals surface area contributed by atoms with Gasteiger partial charge in [-0.3, -0.25) is 9.59 Å². The molecule has 0 heterocycles. The minimum atomic E-state index is -0.561. The van der Waals surface area contributed by atoms with Gasteiger partial charge in [-0.15, -0.1) is 6.26 Å². The second kappa shape index (κ2) is 15.4. The van der Waals surface area contributed by atoms with Crippen LogP contribution in [0.2, 0.25) is 0 Å². The van der Waals surface area contributed by atoms with Crippen molar-refractivity contribution in [1.29, 1.82) is 0 Å². The van der Waals surface area contributed by atoms with Crippen molar-refractivity contribution >= 4 is 35.1 Å². The number of hydrogen-bond acceptors (Lipinski definition) is 5. The zero-order valence-electron chi connectivity index (χ0n) is 19.4. The average molecular weight is 463 g/mol. The Labute approximate surface area is 214 Å². The molecule has 2 rings (SSSR count). The Morgan fingerprint density at radius 1 is 0.967 bits per heavy atom. The molecule has 2 aliphatic carbocycles. The molecule has 3 nitrogen and oxygen atoms in total. The van der Waals surface area contributed by atoms with E-state index in [9.17, 15) is 14.7 Å². The maximum Gasteiger partial charge on any atom is 1.00 e. The van der Waals surface area contributed by atoms with Gasteiger partial charge in [-0.25, -0.2) is 0 Å². The van der Waals surface area contributed by atoms with E-state index in [2.05, 4.69) is 13.8 Å². The molecule has 0 aromatic rings. The van der Waals surface area contributed by atoms with Crippen LogP contribution in [0.5, 0.6) is 0 Å². The molecule has 0 aromatic carbocycles. The largest absolute Gasteiger partial charge is 1.00 e. The first-order chi connectivity index (χ1) is 14.1. The van der Waals surface area contributed by atoms with Gasteiger partial charge in [0.15, 0.2) is 11.6 Å². The van der Waals surface area contributed by atoms with Crippen molar-refractivity contribution in [2.75, 3.05) is 17.3 Å². The molecule has 2 aliphatic rings. The molecule has 2 saturated carbocycles. The molecule has 0 aliphatic heterocycles.